The maximum Gasteiger partial charge on any atom is 0.245 e. The number of H-pyrrole nitrogens is 1. The molecule has 9 nitrogen and oxygen atoms in total. The van der Waals surface area contributed by atoms with E-state index in [1.54, 1.807) is 0 Å². The van der Waals surface area contributed by atoms with Crippen LogP contribution in [0.1, 0.15) is 70.5 Å². The summed E-state index contributed by atoms with van der Waals surface area (Å²) in [6.45, 7) is 16.3. The van der Waals surface area contributed by atoms with Gasteiger partial charge in [0, 0.05) is 72.5 Å². The average molecular weight is 655 g/mol. The number of likely N-dealkylation sites (N-methyl/N-ethyl adjacent to an activating group) is 1. The van der Waals surface area contributed by atoms with Crippen LogP contribution in [0.2, 0.25) is 10.0 Å². The minimum atomic E-state index is -0.0143. The molecular formula is C34H45Cl2N7O2. The number of rotatable bonds is 4. The zero-order valence-electron chi connectivity index (χ0n) is 27.0. The van der Waals surface area contributed by atoms with Crippen LogP contribution in [0, 0.1) is 12.3 Å². The number of likely N-dealkylation sites (tertiary alicyclic amines) is 2. The lowest BCUT2D eigenvalue weighted by atomic mass is 9.60. The fraction of sp³-hybridized carbons (Fsp3) is 0.618. The van der Waals surface area contributed by atoms with E-state index in [-0.39, 0.29) is 16.9 Å². The molecule has 3 aromatic rings. The third-order valence-electron chi connectivity index (χ3n) is 10.9. The van der Waals surface area contributed by atoms with Gasteiger partial charge in [0.2, 0.25) is 5.91 Å². The minimum Gasteiger partial charge on any atom is -0.372 e. The molecule has 1 N–H and O–H groups in total. The lowest BCUT2D eigenvalue weighted by Gasteiger charge is -2.58. The quantitative estimate of drug-likeness (QED) is 0.318. The molecule has 2 aromatic heterocycles. The van der Waals surface area contributed by atoms with Crippen LogP contribution in [-0.2, 0) is 9.53 Å². The van der Waals surface area contributed by atoms with Crippen LogP contribution >= 0.6 is 23.2 Å². The van der Waals surface area contributed by atoms with E-state index in [4.69, 9.17) is 33.0 Å². The smallest absolute Gasteiger partial charge is 0.245 e. The molecule has 11 heteroatoms. The Bertz CT molecular complexity index is 1620. The zero-order valence-corrected chi connectivity index (χ0v) is 28.5. The Balaban J connectivity index is 0.000000308. The second-order valence-corrected chi connectivity index (χ2v) is 15.6. The van der Waals surface area contributed by atoms with Gasteiger partial charge in [0.25, 0.3) is 0 Å². The van der Waals surface area contributed by atoms with Gasteiger partial charge in [-0.15, -0.1) is 0 Å². The number of benzene rings is 1. The van der Waals surface area contributed by atoms with Crippen LogP contribution in [0.25, 0.3) is 22.0 Å². The van der Waals surface area contributed by atoms with Crippen LogP contribution < -0.4 is 4.90 Å². The number of ether oxygens (including phenoxy) is 1. The van der Waals surface area contributed by atoms with Crippen LogP contribution in [0.5, 0.6) is 0 Å². The van der Waals surface area contributed by atoms with E-state index in [0.29, 0.717) is 21.7 Å². The van der Waals surface area contributed by atoms with Crippen molar-refractivity contribution in [2.24, 2.45) is 5.41 Å². The van der Waals surface area contributed by atoms with E-state index in [1.807, 2.05) is 17.2 Å². The summed E-state index contributed by atoms with van der Waals surface area (Å²) in [5, 5.41) is 14.6. The molecule has 0 bridgehead atoms. The molecule has 8 rings (SSSR count). The SMILES string of the molecule is C=CC(=O)N1CC2(CC(n3nc(N4CCCCC4(C)C)c(-c4c(Cl)c(Cl)cc5[nH]ncc45)c3C)C2)C1.CN1CC2(CCCO2)C1. The Morgan fingerprint density at radius 1 is 1.11 bits per heavy atom. The van der Waals surface area contributed by atoms with Crippen molar-refractivity contribution < 1.29 is 9.53 Å². The van der Waals surface area contributed by atoms with Crippen molar-refractivity contribution >= 4 is 45.8 Å². The minimum absolute atomic E-state index is 0.0143. The van der Waals surface area contributed by atoms with Crippen molar-refractivity contribution in [3.63, 3.8) is 0 Å². The number of halogens is 2. The number of anilines is 1. The summed E-state index contributed by atoms with van der Waals surface area (Å²) in [5.41, 5.74) is 4.40. The average Bonchev–Trinajstić information content (AvgIpc) is 3.68. The lowest BCUT2D eigenvalue weighted by molar-refractivity contribution is -0.149. The fourth-order valence-corrected chi connectivity index (χ4v) is 9.09. The first kappa shape index (κ1) is 31.0. The number of carbonyl (C=O) groups excluding carboxylic acids is 1. The number of amides is 1. The van der Waals surface area contributed by atoms with Crippen LogP contribution in [-0.4, -0.2) is 93.2 Å². The summed E-state index contributed by atoms with van der Waals surface area (Å²) in [5.74, 6) is 0.998. The summed E-state index contributed by atoms with van der Waals surface area (Å²) < 4.78 is 7.82. The molecule has 45 heavy (non-hydrogen) atoms. The summed E-state index contributed by atoms with van der Waals surface area (Å²) >= 11 is 13.5. The largest absolute Gasteiger partial charge is 0.372 e. The van der Waals surface area contributed by atoms with E-state index in [0.717, 1.165) is 98.6 Å². The maximum atomic E-state index is 12.0. The van der Waals surface area contributed by atoms with E-state index in [2.05, 4.69) is 59.1 Å². The normalized spacial score (nSPS) is 23.4. The second-order valence-electron chi connectivity index (χ2n) is 14.8. The third-order valence-corrected chi connectivity index (χ3v) is 11.7. The summed E-state index contributed by atoms with van der Waals surface area (Å²) in [7, 11) is 2.15. The standard InChI is InChI=1S/C27H32Cl2N6O.C7H13NO/c1-5-21(36)33-14-27(15-33)11-17(12-27)35-16(2)22(25(32-35)34-9-7-6-8-26(34,3)4)23-18-13-30-31-20(18)10-19(28)24(23)29;1-8-5-7(6-8)3-2-4-9-7/h5,10,13,17H,1,6-9,11-12,14-15H2,2-4H3,(H,30,31);2-6H2,1H3. The fourth-order valence-electron chi connectivity index (χ4n) is 8.64. The Morgan fingerprint density at radius 2 is 1.87 bits per heavy atom. The molecule has 4 aliphatic heterocycles. The number of fused-ring (bicyclic) bond motifs is 1. The van der Waals surface area contributed by atoms with E-state index >= 15 is 0 Å². The Labute approximate surface area is 275 Å². The van der Waals surface area contributed by atoms with Crippen LogP contribution in [0.15, 0.2) is 24.9 Å². The van der Waals surface area contributed by atoms with E-state index < -0.39 is 0 Å². The number of piperidine rings is 1. The van der Waals surface area contributed by atoms with Gasteiger partial charge in [0.05, 0.1) is 33.4 Å². The van der Waals surface area contributed by atoms with Crippen molar-refractivity contribution in [3.05, 3.63) is 40.7 Å². The Hall–Kier alpha value is -2.59. The van der Waals surface area contributed by atoms with Crippen molar-refractivity contribution in [3.8, 4) is 11.1 Å². The number of hydrogen-bond acceptors (Lipinski definition) is 6. The van der Waals surface area contributed by atoms with E-state index in [9.17, 15) is 4.79 Å². The first-order valence-corrected chi connectivity index (χ1v) is 17.1. The van der Waals surface area contributed by atoms with Gasteiger partial charge in [-0.1, -0.05) is 29.8 Å². The van der Waals surface area contributed by atoms with Gasteiger partial charge < -0.3 is 19.4 Å². The highest BCUT2D eigenvalue weighted by atomic mass is 35.5. The number of nitrogens with one attached hydrogen (secondary N) is 1. The number of aromatic nitrogens is 4. The zero-order chi connectivity index (χ0) is 31.7. The summed E-state index contributed by atoms with van der Waals surface area (Å²) in [6.07, 6.45) is 11.3. The number of hydrogen-bond donors (Lipinski definition) is 1. The van der Waals surface area contributed by atoms with Crippen molar-refractivity contribution in [2.45, 2.75) is 82.9 Å². The Morgan fingerprint density at radius 3 is 2.51 bits per heavy atom. The number of carbonyl (C=O) groups is 1. The molecule has 1 aromatic carbocycles. The molecule has 2 spiro atoms. The number of aromatic amines is 1. The molecule has 6 heterocycles. The topological polar surface area (TPSA) is 82.5 Å². The highest BCUT2D eigenvalue weighted by molar-refractivity contribution is 6.45. The molecule has 1 saturated carbocycles. The lowest BCUT2D eigenvalue weighted by Crippen LogP contribution is -2.63. The van der Waals surface area contributed by atoms with Crippen LogP contribution in [0.4, 0.5) is 5.82 Å². The molecule has 1 amide bonds. The molecule has 0 unspecified atom stereocenters. The second kappa shape index (κ2) is 11.3. The van der Waals surface area contributed by atoms with Gasteiger partial charge in [-0.3, -0.25) is 14.6 Å². The summed E-state index contributed by atoms with van der Waals surface area (Å²) in [4.78, 5) is 18.6. The first-order valence-electron chi connectivity index (χ1n) is 16.4. The van der Waals surface area contributed by atoms with Crippen molar-refractivity contribution in [2.75, 3.05) is 51.3 Å². The molecule has 0 atom stereocenters. The van der Waals surface area contributed by atoms with Gasteiger partial charge in [-0.05, 0) is 84.9 Å². The third kappa shape index (κ3) is 5.28. The molecular weight excluding hydrogens is 609 g/mol. The highest BCUT2D eigenvalue weighted by Gasteiger charge is 2.54. The van der Waals surface area contributed by atoms with Crippen molar-refractivity contribution in [1.29, 1.82) is 0 Å². The van der Waals surface area contributed by atoms with Gasteiger partial charge in [-0.2, -0.15) is 10.2 Å². The van der Waals surface area contributed by atoms with Crippen molar-refractivity contribution in [1.82, 2.24) is 29.8 Å². The predicted octanol–water partition coefficient (Wildman–Crippen LogP) is 6.64. The molecule has 5 aliphatic rings. The molecule has 242 valence electrons. The van der Waals surface area contributed by atoms with Gasteiger partial charge in [-0.25, -0.2) is 0 Å². The Kier molecular flexibility index (Phi) is 7.78. The molecule has 1 aliphatic carbocycles. The van der Waals surface area contributed by atoms with Gasteiger partial charge in [0.15, 0.2) is 5.82 Å². The monoisotopic (exact) mass is 653 g/mol. The molecule has 4 saturated heterocycles. The van der Waals surface area contributed by atoms with Gasteiger partial charge in [0.1, 0.15) is 0 Å². The summed E-state index contributed by atoms with van der Waals surface area (Å²) in [6, 6.07) is 2.13. The first-order chi connectivity index (χ1) is 21.4. The highest BCUT2D eigenvalue weighted by Crippen LogP contribution is 2.56. The maximum absolute atomic E-state index is 12.0. The van der Waals surface area contributed by atoms with Gasteiger partial charge >= 0.3 is 0 Å². The molecule has 5 fully saturated rings. The predicted molar refractivity (Wildman–Crippen MR) is 180 cm³/mol. The van der Waals surface area contributed by atoms with E-state index in [1.165, 1.54) is 25.3 Å². The molecule has 0 radical (unpaired) electrons. The van der Waals surface area contributed by atoms with Crippen LogP contribution in [0.3, 0.4) is 0 Å². The number of nitrogens with zero attached hydrogens (tertiary/aromatic N) is 6.